The standard InChI is InChI=1S/C17H21ClN2O3/c18-15-7-3-5-13(11-15)16(23-10-2-1-8-19)14-6-4-9-20(12-14)17(21)22/h3,5,7,11,14,16H,1-2,4,6,9-10,12H2,(H,21,22)/t14?,16-/m0/s1. The number of carboxylic acid groups (broad SMARTS) is 1. The Bertz CT molecular complexity index is 573. The lowest BCUT2D eigenvalue weighted by Gasteiger charge is -2.35. The van der Waals surface area contributed by atoms with E-state index in [0.717, 1.165) is 18.4 Å². The Balaban J connectivity index is 2.12. The number of benzene rings is 1. The molecule has 0 aliphatic carbocycles. The van der Waals surface area contributed by atoms with Crippen molar-refractivity contribution in [2.24, 2.45) is 5.92 Å². The van der Waals surface area contributed by atoms with Gasteiger partial charge in [0.25, 0.3) is 0 Å². The first-order chi connectivity index (χ1) is 11.1. The van der Waals surface area contributed by atoms with E-state index in [2.05, 4.69) is 6.07 Å². The van der Waals surface area contributed by atoms with Crippen LogP contribution in [0.5, 0.6) is 0 Å². The van der Waals surface area contributed by atoms with Crippen molar-refractivity contribution in [2.75, 3.05) is 19.7 Å². The maximum Gasteiger partial charge on any atom is 0.407 e. The predicted octanol–water partition coefficient (Wildman–Crippen LogP) is 4.09. The minimum Gasteiger partial charge on any atom is -0.465 e. The van der Waals surface area contributed by atoms with Gasteiger partial charge in [0.15, 0.2) is 0 Å². The molecule has 23 heavy (non-hydrogen) atoms. The van der Waals surface area contributed by atoms with Gasteiger partial charge in [0.05, 0.1) is 12.2 Å². The van der Waals surface area contributed by atoms with E-state index < -0.39 is 6.09 Å². The zero-order chi connectivity index (χ0) is 16.7. The Labute approximate surface area is 141 Å². The molecule has 0 radical (unpaired) electrons. The number of halogens is 1. The zero-order valence-electron chi connectivity index (χ0n) is 12.9. The highest BCUT2D eigenvalue weighted by molar-refractivity contribution is 6.30. The average Bonchev–Trinajstić information content (AvgIpc) is 2.55. The predicted molar refractivity (Wildman–Crippen MR) is 87.3 cm³/mol. The van der Waals surface area contributed by atoms with Gasteiger partial charge in [-0.25, -0.2) is 4.79 Å². The van der Waals surface area contributed by atoms with Crippen LogP contribution < -0.4 is 0 Å². The molecule has 1 N–H and O–H groups in total. The third-order valence-corrected chi connectivity index (χ3v) is 4.30. The van der Waals surface area contributed by atoms with Crippen LogP contribution in [0.15, 0.2) is 24.3 Å². The van der Waals surface area contributed by atoms with Crippen molar-refractivity contribution in [2.45, 2.75) is 31.8 Å². The molecule has 0 aromatic heterocycles. The number of piperidine rings is 1. The van der Waals surface area contributed by atoms with Crippen molar-refractivity contribution in [1.29, 1.82) is 5.26 Å². The van der Waals surface area contributed by atoms with Crippen LogP contribution in [0.25, 0.3) is 0 Å². The molecular formula is C17H21ClN2O3. The van der Waals surface area contributed by atoms with E-state index in [1.165, 1.54) is 4.90 Å². The van der Waals surface area contributed by atoms with Crippen molar-refractivity contribution >= 4 is 17.7 Å². The van der Waals surface area contributed by atoms with Crippen LogP contribution in [0.1, 0.15) is 37.4 Å². The fourth-order valence-electron chi connectivity index (χ4n) is 2.98. The topological polar surface area (TPSA) is 73.6 Å². The number of hydrogen-bond acceptors (Lipinski definition) is 3. The van der Waals surface area contributed by atoms with E-state index in [9.17, 15) is 9.90 Å². The highest BCUT2D eigenvalue weighted by Gasteiger charge is 2.31. The van der Waals surface area contributed by atoms with Gasteiger partial charge in [0.2, 0.25) is 0 Å². The minimum atomic E-state index is -0.885. The number of likely N-dealkylation sites (tertiary alicyclic amines) is 1. The lowest BCUT2D eigenvalue weighted by molar-refractivity contribution is -0.0138. The normalized spacial score (nSPS) is 19.1. The first-order valence-corrected chi connectivity index (χ1v) is 8.21. The molecule has 0 saturated carbocycles. The van der Waals surface area contributed by atoms with Gasteiger partial charge < -0.3 is 14.7 Å². The average molecular weight is 337 g/mol. The summed E-state index contributed by atoms with van der Waals surface area (Å²) in [6, 6.07) is 9.62. The summed E-state index contributed by atoms with van der Waals surface area (Å²) in [7, 11) is 0. The van der Waals surface area contributed by atoms with Gasteiger partial charge in [-0.2, -0.15) is 5.26 Å². The number of amides is 1. The summed E-state index contributed by atoms with van der Waals surface area (Å²) >= 11 is 6.09. The summed E-state index contributed by atoms with van der Waals surface area (Å²) in [5.41, 5.74) is 0.965. The summed E-state index contributed by atoms with van der Waals surface area (Å²) in [5.74, 6) is 0.0976. The highest BCUT2D eigenvalue weighted by Crippen LogP contribution is 2.34. The summed E-state index contributed by atoms with van der Waals surface area (Å²) in [4.78, 5) is 12.7. The van der Waals surface area contributed by atoms with E-state index >= 15 is 0 Å². The third-order valence-electron chi connectivity index (χ3n) is 4.06. The van der Waals surface area contributed by atoms with Crippen LogP contribution in [0, 0.1) is 17.2 Å². The van der Waals surface area contributed by atoms with Crippen LogP contribution in [-0.4, -0.2) is 35.8 Å². The van der Waals surface area contributed by atoms with Crippen LogP contribution in [-0.2, 0) is 4.74 Å². The van der Waals surface area contributed by atoms with E-state index in [1.807, 2.05) is 24.3 Å². The van der Waals surface area contributed by atoms with Crippen molar-refractivity contribution in [3.63, 3.8) is 0 Å². The van der Waals surface area contributed by atoms with Crippen LogP contribution >= 0.6 is 11.6 Å². The number of nitrogens with zero attached hydrogens (tertiary/aromatic N) is 2. The highest BCUT2D eigenvalue weighted by atomic mass is 35.5. The van der Waals surface area contributed by atoms with E-state index in [0.29, 0.717) is 37.6 Å². The van der Waals surface area contributed by atoms with Gasteiger partial charge >= 0.3 is 6.09 Å². The lowest BCUT2D eigenvalue weighted by Crippen LogP contribution is -2.41. The largest absolute Gasteiger partial charge is 0.465 e. The molecule has 124 valence electrons. The molecule has 0 spiro atoms. The van der Waals surface area contributed by atoms with Crippen LogP contribution in [0.2, 0.25) is 5.02 Å². The zero-order valence-corrected chi connectivity index (χ0v) is 13.7. The number of nitriles is 1. The van der Waals surface area contributed by atoms with Gasteiger partial charge in [-0.05, 0) is 37.0 Å². The lowest BCUT2D eigenvalue weighted by atomic mass is 9.88. The molecule has 2 rings (SSSR count). The van der Waals surface area contributed by atoms with Crippen molar-refractivity contribution < 1.29 is 14.6 Å². The van der Waals surface area contributed by atoms with E-state index in [-0.39, 0.29) is 12.0 Å². The van der Waals surface area contributed by atoms with Gasteiger partial charge in [0.1, 0.15) is 0 Å². The van der Waals surface area contributed by atoms with Gasteiger partial charge in [0, 0.05) is 37.1 Å². The second-order valence-corrected chi connectivity index (χ2v) is 6.18. The number of rotatable bonds is 6. The second-order valence-electron chi connectivity index (χ2n) is 5.74. The smallest absolute Gasteiger partial charge is 0.407 e. The quantitative estimate of drug-likeness (QED) is 0.794. The van der Waals surface area contributed by atoms with Gasteiger partial charge in [-0.3, -0.25) is 0 Å². The Morgan fingerprint density at radius 3 is 3.09 bits per heavy atom. The molecule has 1 aliphatic rings. The molecule has 1 fully saturated rings. The first kappa shape index (κ1) is 17.6. The molecule has 5 nitrogen and oxygen atoms in total. The van der Waals surface area contributed by atoms with Crippen molar-refractivity contribution in [3.05, 3.63) is 34.9 Å². The fraction of sp³-hybridized carbons (Fsp3) is 0.529. The van der Waals surface area contributed by atoms with Gasteiger partial charge in [-0.1, -0.05) is 23.7 Å². The number of unbranched alkanes of at least 4 members (excludes halogenated alkanes) is 1. The second kappa shape index (κ2) is 8.76. The Kier molecular flexibility index (Phi) is 6.69. The maximum atomic E-state index is 11.2. The molecule has 1 aromatic carbocycles. The Morgan fingerprint density at radius 1 is 1.57 bits per heavy atom. The molecule has 6 heteroatoms. The van der Waals surface area contributed by atoms with Crippen LogP contribution in [0.3, 0.4) is 0 Å². The third kappa shape index (κ3) is 5.12. The van der Waals surface area contributed by atoms with E-state index in [1.54, 1.807) is 0 Å². The Morgan fingerprint density at radius 2 is 2.39 bits per heavy atom. The maximum absolute atomic E-state index is 11.2. The summed E-state index contributed by atoms with van der Waals surface area (Å²) < 4.78 is 6.02. The molecule has 1 amide bonds. The monoisotopic (exact) mass is 336 g/mol. The van der Waals surface area contributed by atoms with Crippen molar-refractivity contribution in [3.8, 4) is 6.07 Å². The molecule has 1 unspecified atom stereocenters. The van der Waals surface area contributed by atoms with E-state index in [4.69, 9.17) is 21.6 Å². The fourth-order valence-corrected chi connectivity index (χ4v) is 3.18. The number of hydrogen-bond donors (Lipinski definition) is 1. The molecule has 1 heterocycles. The van der Waals surface area contributed by atoms with Gasteiger partial charge in [-0.15, -0.1) is 0 Å². The SMILES string of the molecule is N#CCCCO[C@@H](c1cccc(Cl)c1)C1CCCN(C(=O)O)C1. The first-order valence-electron chi connectivity index (χ1n) is 7.83. The molecule has 0 bridgehead atoms. The summed E-state index contributed by atoms with van der Waals surface area (Å²) in [6.07, 6.45) is 1.78. The van der Waals surface area contributed by atoms with Crippen LogP contribution in [0.4, 0.5) is 4.79 Å². The number of ether oxygens (including phenoxy) is 1. The molecule has 1 aliphatic heterocycles. The molecule has 2 atom stereocenters. The summed E-state index contributed by atoms with van der Waals surface area (Å²) in [6.45, 7) is 1.52. The number of carbonyl (C=O) groups is 1. The van der Waals surface area contributed by atoms with Crippen molar-refractivity contribution in [1.82, 2.24) is 4.90 Å². The Hall–Kier alpha value is -1.77. The molecule has 1 aromatic rings. The summed E-state index contributed by atoms with van der Waals surface area (Å²) in [5, 5.41) is 18.5. The molecular weight excluding hydrogens is 316 g/mol. The minimum absolute atomic E-state index is 0.0976. The molecule has 1 saturated heterocycles.